The first-order chi connectivity index (χ1) is 35.9. The summed E-state index contributed by atoms with van der Waals surface area (Å²) in [5, 5.41) is 19.6. The van der Waals surface area contributed by atoms with E-state index in [1.54, 1.807) is 19.9 Å². The number of aliphatic hydroxyl groups is 1. The van der Waals surface area contributed by atoms with Crippen molar-refractivity contribution in [1.29, 1.82) is 0 Å². The summed E-state index contributed by atoms with van der Waals surface area (Å²) in [5.41, 5.74) is 3.89. The maximum atomic E-state index is 13.3. The summed E-state index contributed by atoms with van der Waals surface area (Å²) in [6, 6.07) is 10.6. The zero-order chi connectivity index (χ0) is 59.1. The highest BCUT2D eigenvalue weighted by atomic mass is 28.3. The van der Waals surface area contributed by atoms with Crippen molar-refractivity contribution >= 4 is 48.3 Å². The van der Waals surface area contributed by atoms with Crippen LogP contribution in [-0.2, 0) is 23.7 Å². The topological polar surface area (TPSA) is 139 Å². The Labute approximate surface area is 476 Å². The molecule has 440 valence electrons. The van der Waals surface area contributed by atoms with Gasteiger partial charge in [0.1, 0.15) is 11.5 Å². The number of aryl methyl sites for hydroxylation is 2. The van der Waals surface area contributed by atoms with Crippen LogP contribution in [0.3, 0.4) is 0 Å². The molecule has 14 heteroatoms. The molecule has 0 radical (unpaired) electrons. The van der Waals surface area contributed by atoms with Gasteiger partial charge in [-0.05, 0) is 144 Å². The summed E-state index contributed by atoms with van der Waals surface area (Å²) in [6.45, 7) is 48.9. The molecule has 2 N–H and O–H groups in total. The normalized spacial score (nSPS) is 21.7. The molecule has 2 saturated heterocycles. The Balaban J connectivity index is 0.000000415. The van der Waals surface area contributed by atoms with E-state index in [1.165, 1.54) is 0 Å². The second-order valence-corrected chi connectivity index (χ2v) is 44.1. The molecule has 2 aliphatic heterocycles. The van der Waals surface area contributed by atoms with Crippen LogP contribution in [0.15, 0.2) is 60.7 Å². The van der Waals surface area contributed by atoms with Crippen molar-refractivity contribution in [2.75, 3.05) is 19.8 Å². The van der Waals surface area contributed by atoms with Gasteiger partial charge in [-0.2, -0.15) is 0 Å². The first-order valence-electron chi connectivity index (χ1n) is 28.9. The highest BCUT2D eigenvalue weighted by Crippen LogP contribution is 2.37. The summed E-state index contributed by atoms with van der Waals surface area (Å²) in [7, 11) is -3.76. The molecule has 6 unspecified atom stereocenters. The van der Waals surface area contributed by atoms with Crippen molar-refractivity contribution in [1.82, 2.24) is 0 Å². The molecule has 2 aromatic rings. The largest absolute Gasteiger partial charge is 0.494 e. The molecule has 9 atom stereocenters. The second kappa shape index (κ2) is 29.9. The SMILES string of the molecule is Cc1cc(OCC[Si](C)(C)C)cc(/C=C/CC2OC(C)(C)OC2C(C)/C=C\[C@@H](C)C(C)C)c1C(=O)OCC[Si](C)(C)C.Cc1cc(OCC[Si](C)(C)C)cc(/C=C/CC2OC(C)(C)OC2C(C)/C=C\[C@@H](C)[C@H](C)O)c1C(=O)O. The van der Waals surface area contributed by atoms with E-state index in [-0.39, 0.29) is 53.7 Å². The molecule has 0 bridgehead atoms. The summed E-state index contributed by atoms with van der Waals surface area (Å²) in [6.07, 6.45) is 17.0. The van der Waals surface area contributed by atoms with Gasteiger partial charge in [0, 0.05) is 36.1 Å². The second-order valence-electron chi connectivity index (χ2n) is 27.2. The van der Waals surface area contributed by atoms with Gasteiger partial charge in [0.2, 0.25) is 0 Å². The zero-order valence-electron chi connectivity index (χ0n) is 52.4. The van der Waals surface area contributed by atoms with E-state index < -0.39 is 47.9 Å². The number of aromatic carboxylic acids is 1. The van der Waals surface area contributed by atoms with Crippen LogP contribution in [0.2, 0.25) is 77.1 Å². The lowest BCUT2D eigenvalue weighted by molar-refractivity contribution is -0.148. The van der Waals surface area contributed by atoms with Crippen LogP contribution >= 0.6 is 0 Å². The Hall–Kier alpha value is -3.61. The number of benzene rings is 2. The van der Waals surface area contributed by atoms with Crippen molar-refractivity contribution in [3.63, 3.8) is 0 Å². The van der Waals surface area contributed by atoms with Gasteiger partial charge in [0.25, 0.3) is 0 Å². The van der Waals surface area contributed by atoms with Crippen molar-refractivity contribution in [3.05, 3.63) is 94.1 Å². The van der Waals surface area contributed by atoms with Gasteiger partial charge in [0.05, 0.1) is 61.5 Å². The molecule has 2 fully saturated rings. The average Bonchev–Trinajstić information content (AvgIpc) is 3.78. The zero-order valence-corrected chi connectivity index (χ0v) is 55.4. The Morgan fingerprint density at radius 1 is 0.577 bits per heavy atom. The van der Waals surface area contributed by atoms with Crippen molar-refractivity contribution < 1.29 is 53.0 Å². The van der Waals surface area contributed by atoms with Gasteiger partial charge in [-0.3, -0.25) is 0 Å². The average molecular weight is 1140 g/mol. The Morgan fingerprint density at radius 2 is 0.962 bits per heavy atom. The number of allylic oxidation sites excluding steroid dienone is 1. The van der Waals surface area contributed by atoms with Crippen molar-refractivity contribution in [3.8, 4) is 11.5 Å². The number of ether oxygens (including phenoxy) is 7. The fraction of sp³-hybridized carbons (Fsp3) is 0.656. The molecule has 0 amide bonds. The van der Waals surface area contributed by atoms with Gasteiger partial charge in [0.15, 0.2) is 11.6 Å². The van der Waals surface area contributed by atoms with Crippen LogP contribution in [0.4, 0.5) is 0 Å². The predicted molar refractivity (Wildman–Crippen MR) is 331 cm³/mol. The summed E-state index contributed by atoms with van der Waals surface area (Å²) in [5.74, 6) is 0.395. The van der Waals surface area contributed by atoms with E-state index in [1.807, 2.05) is 84.0 Å². The van der Waals surface area contributed by atoms with Crippen LogP contribution in [0, 0.1) is 43.4 Å². The summed E-state index contributed by atoms with van der Waals surface area (Å²) >= 11 is 0. The van der Waals surface area contributed by atoms with E-state index in [0.29, 0.717) is 66.9 Å². The van der Waals surface area contributed by atoms with Crippen molar-refractivity contribution in [2.24, 2.45) is 29.6 Å². The molecular formula is C64H106O11Si3. The third-order valence-electron chi connectivity index (χ3n) is 14.5. The van der Waals surface area contributed by atoms with Gasteiger partial charge in [-0.25, -0.2) is 9.59 Å². The molecule has 0 aromatic heterocycles. The molecule has 78 heavy (non-hydrogen) atoms. The number of aliphatic hydroxyl groups excluding tert-OH is 1. The quantitative estimate of drug-likeness (QED) is 0.0502. The Kier molecular flexibility index (Phi) is 26.3. The number of carboxylic acid groups (broad SMARTS) is 1. The number of carboxylic acids is 1. The molecule has 2 aliphatic rings. The molecule has 2 aromatic carbocycles. The smallest absolute Gasteiger partial charge is 0.338 e. The fourth-order valence-electron chi connectivity index (χ4n) is 8.98. The van der Waals surface area contributed by atoms with E-state index in [2.05, 4.69) is 118 Å². The first-order valence-corrected chi connectivity index (χ1v) is 40.0. The van der Waals surface area contributed by atoms with Gasteiger partial charge in [-0.15, -0.1) is 0 Å². The van der Waals surface area contributed by atoms with Gasteiger partial charge < -0.3 is 43.4 Å². The minimum Gasteiger partial charge on any atom is -0.494 e. The van der Waals surface area contributed by atoms with E-state index in [4.69, 9.17) is 33.2 Å². The van der Waals surface area contributed by atoms with Gasteiger partial charge in [-0.1, -0.05) is 149 Å². The van der Waals surface area contributed by atoms with E-state index in [0.717, 1.165) is 35.0 Å². The highest BCUT2D eigenvalue weighted by molar-refractivity contribution is 6.76. The molecule has 0 aliphatic carbocycles. The number of esters is 1. The molecular weight excluding hydrogens is 1030 g/mol. The number of carbonyl (C=O) groups excluding carboxylic acids is 1. The van der Waals surface area contributed by atoms with E-state index in [9.17, 15) is 19.8 Å². The summed E-state index contributed by atoms with van der Waals surface area (Å²) < 4.78 is 43.1. The van der Waals surface area contributed by atoms with Crippen LogP contribution in [0.5, 0.6) is 11.5 Å². The van der Waals surface area contributed by atoms with Crippen LogP contribution < -0.4 is 9.47 Å². The van der Waals surface area contributed by atoms with E-state index >= 15 is 0 Å². The van der Waals surface area contributed by atoms with Gasteiger partial charge >= 0.3 is 11.9 Å². The number of rotatable bonds is 27. The standard InChI is InChI=1S/C35H60O5Si2.C29H46O6Si/c1-25(2)26(3)17-18-27(4)33-31(39-35(6,7)40-33)16-14-15-29-24-30(37-19-21-41(8,9)10)23-28(5)32(29)34(36)38-20-22-42(11,12)13;1-19(22(4)30)13-14-20(2)27-25(34-29(5,6)35-27)12-10-11-23-18-24(33-15-16-36(7,8)9)17-21(3)26(23)28(31)32/h14-15,17-18,23-27,31,33H,16,19-22H2,1-13H3;10-11,13-14,17-20,22,25,27,30H,12,15-16H2,1-9H3,(H,31,32)/b15-14+,18-17-;11-10+,14-13-/t26-,27?,31?,33?;19-,20?,22+,25?,27?/m11/s1. The number of carbonyl (C=O) groups is 2. The predicted octanol–water partition coefficient (Wildman–Crippen LogP) is 16.2. The maximum Gasteiger partial charge on any atom is 0.338 e. The monoisotopic (exact) mass is 1130 g/mol. The molecule has 11 nitrogen and oxygen atoms in total. The Bertz CT molecular complexity index is 2350. The number of hydrogen-bond acceptors (Lipinski definition) is 10. The lowest BCUT2D eigenvalue weighted by Crippen LogP contribution is -2.28. The first kappa shape index (κ1) is 68.7. The van der Waals surface area contributed by atoms with Crippen LogP contribution in [-0.4, -0.2) is 108 Å². The molecule has 0 saturated carbocycles. The molecule has 2 heterocycles. The summed E-state index contributed by atoms with van der Waals surface area (Å²) in [4.78, 5) is 25.3. The molecule has 4 rings (SSSR count). The molecule has 0 spiro atoms. The maximum absolute atomic E-state index is 13.3. The minimum atomic E-state index is -1.31. The lowest BCUT2D eigenvalue weighted by atomic mass is 9.92. The van der Waals surface area contributed by atoms with Crippen LogP contribution in [0.1, 0.15) is 132 Å². The fourth-order valence-corrected chi connectivity index (χ4v) is 11.1. The minimum absolute atomic E-state index is 0.0516. The highest BCUT2D eigenvalue weighted by Gasteiger charge is 2.44. The number of hydrogen-bond donors (Lipinski definition) is 2. The third kappa shape index (κ3) is 24.2. The lowest BCUT2D eigenvalue weighted by Gasteiger charge is -2.21. The Morgan fingerprint density at radius 3 is 1.35 bits per heavy atom. The third-order valence-corrected chi connectivity index (χ3v) is 19.6. The van der Waals surface area contributed by atoms with Crippen molar-refractivity contribution in [2.45, 2.75) is 222 Å². The van der Waals surface area contributed by atoms with Crippen LogP contribution in [0.25, 0.3) is 12.2 Å².